The van der Waals surface area contributed by atoms with Crippen molar-refractivity contribution in [1.29, 1.82) is 0 Å². The van der Waals surface area contributed by atoms with Gasteiger partial charge in [0.15, 0.2) is 0 Å². The molecule has 0 amide bonds. The monoisotopic (exact) mass is 594 g/mol. The lowest BCUT2D eigenvalue weighted by Crippen LogP contribution is -2.46. The molecule has 2 nitrogen and oxygen atoms in total. The van der Waals surface area contributed by atoms with Crippen molar-refractivity contribution < 1.29 is 5.11 Å². The normalized spacial score (nSPS) is 13.3. The van der Waals surface area contributed by atoms with Crippen molar-refractivity contribution >= 4 is 0 Å². The van der Waals surface area contributed by atoms with Crippen LogP contribution in [-0.2, 0) is 0 Å². The van der Waals surface area contributed by atoms with Gasteiger partial charge in [0, 0.05) is 13.1 Å². The highest BCUT2D eigenvalue weighted by Gasteiger charge is 2.25. The Balaban J connectivity index is 3.60. The number of nitrogens with zero attached hydrogens (tertiary/aromatic N) is 1. The standard InChI is InChI=1S/C40H83NO/c1-5-8-10-12-14-16-18-20-22-24-26-28-30-32-34-36-38-41(40(4,42)7-3)39-37-35-33-31-29-27-25-23-21-19-17-15-13-11-9-6-2/h42H,5-39H2,1-4H3. The van der Waals surface area contributed by atoms with E-state index in [-0.39, 0.29) is 0 Å². The predicted molar refractivity (Wildman–Crippen MR) is 192 cm³/mol. The average Bonchev–Trinajstić information content (AvgIpc) is 2.99. The van der Waals surface area contributed by atoms with Gasteiger partial charge in [0.05, 0.1) is 0 Å². The summed E-state index contributed by atoms with van der Waals surface area (Å²) in [4.78, 5) is 2.39. The Labute approximate surface area is 268 Å². The molecule has 1 N–H and O–H groups in total. The van der Waals surface area contributed by atoms with Crippen LogP contribution in [0.25, 0.3) is 0 Å². The predicted octanol–water partition coefficient (Wildman–Crippen LogP) is 13.9. The molecule has 0 aliphatic carbocycles. The number of unbranched alkanes of at least 4 members (excludes halogenated alkanes) is 30. The number of hydrogen-bond acceptors (Lipinski definition) is 2. The first kappa shape index (κ1) is 41.9. The quantitative estimate of drug-likeness (QED) is 0.0577. The minimum atomic E-state index is -0.634. The van der Waals surface area contributed by atoms with Crippen LogP contribution < -0.4 is 0 Å². The maximum absolute atomic E-state index is 11.0. The minimum Gasteiger partial charge on any atom is -0.376 e. The summed E-state index contributed by atoms with van der Waals surface area (Å²) in [5, 5.41) is 11.0. The van der Waals surface area contributed by atoms with E-state index in [1.165, 1.54) is 205 Å². The highest BCUT2D eigenvalue weighted by molar-refractivity contribution is 4.73. The van der Waals surface area contributed by atoms with E-state index >= 15 is 0 Å². The van der Waals surface area contributed by atoms with Crippen molar-refractivity contribution in [3.05, 3.63) is 0 Å². The van der Waals surface area contributed by atoms with E-state index in [1.807, 2.05) is 6.92 Å². The fourth-order valence-electron chi connectivity index (χ4n) is 6.52. The van der Waals surface area contributed by atoms with Gasteiger partial charge in [0.25, 0.3) is 0 Å². The first-order valence-electron chi connectivity index (χ1n) is 20.1. The molecule has 0 rings (SSSR count). The third kappa shape index (κ3) is 30.0. The van der Waals surface area contributed by atoms with E-state index < -0.39 is 5.72 Å². The molecular weight excluding hydrogens is 510 g/mol. The van der Waals surface area contributed by atoms with Crippen LogP contribution in [0.4, 0.5) is 0 Å². The zero-order chi connectivity index (χ0) is 30.8. The summed E-state index contributed by atoms with van der Waals surface area (Å²) >= 11 is 0. The first-order chi connectivity index (χ1) is 20.6. The van der Waals surface area contributed by atoms with Crippen molar-refractivity contribution in [1.82, 2.24) is 4.90 Å². The molecule has 0 aliphatic heterocycles. The molecule has 0 aromatic heterocycles. The molecule has 0 aromatic carbocycles. The molecule has 2 heteroatoms. The molecule has 0 spiro atoms. The number of hydrogen-bond donors (Lipinski definition) is 1. The Morgan fingerprint density at radius 2 is 0.524 bits per heavy atom. The third-order valence-electron chi connectivity index (χ3n) is 9.91. The second kappa shape index (κ2) is 33.8. The van der Waals surface area contributed by atoms with Gasteiger partial charge in [-0.3, -0.25) is 4.90 Å². The minimum absolute atomic E-state index is 0.634. The molecular formula is C40H83NO. The van der Waals surface area contributed by atoms with Crippen LogP contribution in [0.3, 0.4) is 0 Å². The Morgan fingerprint density at radius 3 is 0.714 bits per heavy atom. The highest BCUT2D eigenvalue weighted by Crippen LogP contribution is 2.20. The van der Waals surface area contributed by atoms with Gasteiger partial charge in [-0.05, 0) is 26.2 Å². The van der Waals surface area contributed by atoms with Crippen molar-refractivity contribution in [3.63, 3.8) is 0 Å². The number of rotatable bonds is 36. The van der Waals surface area contributed by atoms with Crippen LogP contribution in [0.15, 0.2) is 0 Å². The summed E-state index contributed by atoms with van der Waals surface area (Å²) in [7, 11) is 0. The van der Waals surface area contributed by atoms with Crippen molar-refractivity contribution in [2.45, 2.75) is 245 Å². The van der Waals surface area contributed by atoms with Gasteiger partial charge in [0.2, 0.25) is 0 Å². The summed E-state index contributed by atoms with van der Waals surface area (Å²) in [6.45, 7) is 10.9. The Bertz CT molecular complexity index is 454. The Morgan fingerprint density at radius 1 is 0.333 bits per heavy atom. The summed E-state index contributed by atoms with van der Waals surface area (Å²) in [6.07, 6.45) is 46.1. The molecule has 0 heterocycles. The zero-order valence-electron chi connectivity index (χ0n) is 30.1. The summed E-state index contributed by atoms with van der Waals surface area (Å²) in [6, 6.07) is 0. The van der Waals surface area contributed by atoms with E-state index in [1.54, 1.807) is 0 Å². The van der Waals surface area contributed by atoms with E-state index in [2.05, 4.69) is 25.7 Å². The summed E-state index contributed by atoms with van der Waals surface area (Å²) in [5.41, 5.74) is -0.634. The molecule has 0 saturated carbocycles. The van der Waals surface area contributed by atoms with E-state index in [0.717, 1.165) is 19.5 Å². The largest absolute Gasteiger partial charge is 0.376 e. The van der Waals surface area contributed by atoms with Gasteiger partial charge in [-0.25, -0.2) is 0 Å². The molecule has 0 aromatic rings. The SMILES string of the molecule is CCCCCCCCCCCCCCCCCCN(CCCCCCCCCCCCCCCCCC)C(C)(O)CC. The molecule has 42 heavy (non-hydrogen) atoms. The van der Waals surface area contributed by atoms with Gasteiger partial charge in [-0.1, -0.05) is 213 Å². The molecule has 0 fully saturated rings. The second-order valence-corrected chi connectivity index (χ2v) is 14.2. The highest BCUT2D eigenvalue weighted by atomic mass is 16.3. The van der Waals surface area contributed by atoms with Gasteiger partial charge in [0.1, 0.15) is 5.72 Å². The second-order valence-electron chi connectivity index (χ2n) is 14.2. The van der Waals surface area contributed by atoms with Gasteiger partial charge in [-0.2, -0.15) is 0 Å². The maximum atomic E-state index is 11.0. The first-order valence-corrected chi connectivity index (χ1v) is 20.1. The van der Waals surface area contributed by atoms with Crippen LogP contribution in [0, 0.1) is 0 Å². The lowest BCUT2D eigenvalue weighted by molar-refractivity contribution is -0.0974. The number of aliphatic hydroxyl groups is 1. The molecule has 0 bridgehead atoms. The van der Waals surface area contributed by atoms with Crippen LogP contribution in [0.1, 0.15) is 240 Å². The molecule has 1 atom stereocenters. The smallest absolute Gasteiger partial charge is 0.115 e. The third-order valence-corrected chi connectivity index (χ3v) is 9.91. The fraction of sp³-hybridized carbons (Fsp3) is 1.00. The van der Waals surface area contributed by atoms with Crippen molar-refractivity contribution in [2.24, 2.45) is 0 Å². The summed E-state index contributed by atoms with van der Waals surface area (Å²) < 4.78 is 0. The average molecular weight is 594 g/mol. The zero-order valence-corrected chi connectivity index (χ0v) is 30.1. The van der Waals surface area contributed by atoms with E-state index in [0.29, 0.717) is 0 Å². The lowest BCUT2D eigenvalue weighted by atomic mass is 10.0. The van der Waals surface area contributed by atoms with E-state index in [4.69, 9.17) is 0 Å². The molecule has 0 saturated heterocycles. The van der Waals surface area contributed by atoms with Crippen LogP contribution >= 0.6 is 0 Å². The summed E-state index contributed by atoms with van der Waals surface area (Å²) in [5.74, 6) is 0. The van der Waals surface area contributed by atoms with Crippen LogP contribution in [0.2, 0.25) is 0 Å². The maximum Gasteiger partial charge on any atom is 0.115 e. The van der Waals surface area contributed by atoms with Crippen molar-refractivity contribution in [2.75, 3.05) is 13.1 Å². The van der Waals surface area contributed by atoms with Gasteiger partial charge >= 0.3 is 0 Å². The van der Waals surface area contributed by atoms with Gasteiger partial charge < -0.3 is 5.11 Å². The van der Waals surface area contributed by atoms with Crippen LogP contribution in [-0.4, -0.2) is 28.8 Å². The van der Waals surface area contributed by atoms with Crippen molar-refractivity contribution in [3.8, 4) is 0 Å². The van der Waals surface area contributed by atoms with Crippen LogP contribution in [0.5, 0.6) is 0 Å². The molecule has 0 radical (unpaired) electrons. The topological polar surface area (TPSA) is 23.5 Å². The molecule has 0 aliphatic rings. The Kier molecular flexibility index (Phi) is 33.7. The van der Waals surface area contributed by atoms with E-state index in [9.17, 15) is 5.11 Å². The lowest BCUT2D eigenvalue weighted by Gasteiger charge is -2.36. The molecule has 254 valence electrons. The molecule has 1 unspecified atom stereocenters. The Hall–Kier alpha value is -0.0800. The van der Waals surface area contributed by atoms with Gasteiger partial charge in [-0.15, -0.1) is 0 Å². The fourth-order valence-corrected chi connectivity index (χ4v) is 6.52.